The van der Waals surface area contributed by atoms with E-state index in [9.17, 15) is 0 Å². The fraction of sp³-hybridized carbons (Fsp3) is 0.455. The summed E-state index contributed by atoms with van der Waals surface area (Å²) in [6, 6.07) is 14.6. The minimum atomic E-state index is -2.63. The summed E-state index contributed by atoms with van der Waals surface area (Å²) >= 11 is 4.62. The van der Waals surface area contributed by atoms with Gasteiger partial charge in [0.2, 0.25) is 0 Å². The van der Waals surface area contributed by atoms with Gasteiger partial charge in [-0.25, -0.2) is 0 Å². The maximum absolute atomic E-state index is 6.61. The molecule has 0 amide bonds. The second-order valence-electron chi connectivity index (χ2n) is 8.98. The maximum atomic E-state index is 6.61. The average molecular weight is 389 g/mol. The smallest absolute Gasteiger partial charge is 0.431 e. The molecule has 0 spiro atoms. The summed E-state index contributed by atoms with van der Waals surface area (Å²) in [6.07, 6.45) is 0. The van der Waals surface area contributed by atoms with Crippen LogP contribution < -0.4 is 9.61 Å². The molecule has 0 aromatic heterocycles. The Hall–Kier alpha value is -1.23. The Morgan fingerprint density at radius 2 is 1.50 bits per heavy atom. The molecule has 2 aromatic carbocycles. The largest absolute Gasteiger partial charge is 0.517 e. The molecule has 0 heterocycles. The molecule has 2 nitrogen and oxygen atoms in total. The lowest BCUT2D eigenvalue weighted by molar-refractivity contribution is 0.317. The lowest BCUT2D eigenvalue weighted by atomic mass is 9.80. The first kappa shape index (κ1) is 21.1. The van der Waals surface area contributed by atoms with E-state index in [0.717, 1.165) is 15.8 Å². The number of rotatable bonds is 4. The quantitative estimate of drug-likeness (QED) is 0.545. The van der Waals surface area contributed by atoms with Gasteiger partial charge >= 0.3 is 8.56 Å². The van der Waals surface area contributed by atoms with E-state index in [4.69, 9.17) is 8.85 Å². The topological polar surface area (TPSA) is 18.5 Å². The van der Waals surface area contributed by atoms with E-state index in [1.807, 2.05) is 18.2 Å². The Balaban J connectivity index is 2.55. The summed E-state index contributed by atoms with van der Waals surface area (Å²) in [5.41, 5.74) is 2.58. The minimum absolute atomic E-state index is 0.0277. The zero-order chi connectivity index (χ0) is 19.8. The zero-order valence-corrected chi connectivity index (χ0v) is 19.2. The van der Waals surface area contributed by atoms with E-state index in [0.29, 0.717) is 0 Å². The molecule has 2 rings (SSSR count). The molecule has 26 heavy (non-hydrogen) atoms. The number of thiol groups is 1. The first-order valence-corrected chi connectivity index (χ1v) is 11.8. The Kier molecular flexibility index (Phi) is 6.01. The molecule has 0 N–H and O–H groups in total. The van der Waals surface area contributed by atoms with Gasteiger partial charge in [0.1, 0.15) is 5.75 Å². The van der Waals surface area contributed by atoms with Crippen molar-refractivity contribution in [2.45, 2.75) is 63.8 Å². The van der Waals surface area contributed by atoms with Crippen LogP contribution in [0.1, 0.15) is 52.7 Å². The highest BCUT2D eigenvalue weighted by atomic mass is 32.1. The van der Waals surface area contributed by atoms with Crippen molar-refractivity contribution in [3.05, 3.63) is 53.6 Å². The van der Waals surface area contributed by atoms with Crippen LogP contribution in [0.25, 0.3) is 0 Å². The van der Waals surface area contributed by atoms with Crippen molar-refractivity contribution in [1.29, 1.82) is 0 Å². The van der Waals surface area contributed by atoms with Gasteiger partial charge in [-0.05, 0) is 40.6 Å². The zero-order valence-electron chi connectivity index (χ0n) is 17.3. The molecule has 0 fully saturated rings. The summed E-state index contributed by atoms with van der Waals surface area (Å²) in [5, 5.41) is 1.05. The summed E-state index contributed by atoms with van der Waals surface area (Å²) in [5.74, 6) is 0.901. The second-order valence-corrected chi connectivity index (χ2v) is 12.5. The molecular formula is C22H32O2SSi. The Morgan fingerprint density at radius 3 is 2.00 bits per heavy atom. The molecule has 0 aliphatic rings. The van der Waals surface area contributed by atoms with Gasteiger partial charge in [-0.3, -0.25) is 0 Å². The Morgan fingerprint density at radius 1 is 0.885 bits per heavy atom. The van der Waals surface area contributed by atoms with Crippen LogP contribution in [0.2, 0.25) is 6.55 Å². The van der Waals surface area contributed by atoms with E-state index in [-0.39, 0.29) is 10.8 Å². The molecule has 4 heteroatoms. The molecule has 0 aliphatic heterocycles. The molecule has 1 atom stereocenters. The van der Waals surface area contributed by atoms with E-state index < -0.39 is 8.56 Å². The van der Waals surface area contributed by atoms with Crippen LogP contribution in [0.3, 0.4) is 0 Å². The Labute approximate surface area is 165 Å². The van der Waals surface area contributed by atoms with Crippen molar-refractivity contribution >= 4 is 26.4 Å². The van der Waals surface area contributed by atoms with Gasteiger partial charge in [0.05, 0.1) is 0 Å². The summed E-state index contributed by atoms with van der Waals surface area (Å²) in [7, 11) is -0.906. The molecule has 0 bridgehead atoms. The molecular weight excluding hydrogens is 356 g/mol. The maximum Gasteiger partial charge on any atom is 0.431 e. The van der Waals surface area contributed by atoms with E-state index in [1.165, 1.54) is 11.1 Å². The van der Waals surface area contributed by atoms with Crippen molar-refractivity contribution in [2.75, 3.05) is 7.11 Å². The highest BCUT2D eigenvalue weighted by Gasteiger charge is 2.38. The van der Waals surface area contributed by atoms with Crippen LogP contribution in [-0.2, 0) is 15.3 Å². The van der Waals surface area contributed by atoms with Gasteiger partial charge in [0.15, 0.2) is 0 Å². The number of hydrogen-bond donors (Lipinski definition) is 1. The summed E-state index contributed by atoms with van der Waals surface area (Å²) in [4.78, 5) is 0.909. The highest BCUT2D eigenvalue weighted by molar-refractivity contribution is 7.80. The molecule has 0 saturated carbocycles. The van der Waals surface area contributed by atoms with E-state index in [2.05, 4.69) is 85.0 Å². The lowest BCUT2D eigenvalue weighted by Crippen LogP contribution is -2.54. The summed E-state index contributed by atoms with van der Waals surface area (Å²) in [6.45, 7) is 15.5. The van der Waals surface area contributed by atoms with Crippen LogP contribution in [0.4, 0.5) is 0 Å². The van der Waals surface area contributed by atoms with Crippen molar-refractivity contribution < 1.29 is 8.85 Å². The van der Waals surface area contributed by atoms with Crippen molar-refractivity contribution in [3.8, 4) is 5.75 Å². The van der Waals surface area contributed by atoms with Gasteiger partial charge in [-0.2, -0.15) is 0 Å². The van der Waals surface area contributed by atoms with Gasteiger partial charge in [0.25, 0.3) is 0 Å². The third-order valence-corrected chi connectivity index (χ3v) is 8.14. The van der Waals surface area contributed by atoms with Crippen molar-refractivity contribution in [2.24, 2.45) is 0 Å². The van der Waals surface area contributed by atoms with Crippen LogP contribution in [0.15, 0.2) is 47.4 Å². The van der Waals surface area contributed by atoms with Crippen molar-refractivity contribution in [1.82, 2.24) is 0 Å². The van der Waals surface area contributed by atoms with Crippen LogP contribution in [0.5, 0.6) is 5.75 Å². The first-order chi connectivity index (χ1) is 11.9. The van der Waals surface area contributed by atoms with E-state index in [1.54, 1.807) is 7.11 Å². The molecule has 0 saturated heterocycles. The molecule has 1 unspecified atom stereocenters. The fourth-order valence-corrected chi connectivity index (χ4v) is 5.67. The fourth-order valence-electron chi connectivity index (χ4n) is 2.95. The normalized spacial score (nSPS) is 14.8. The van der Waals surface area contributed by atoms with Crippen molar-refractivity contribution in [3.63, 3.8) is 0 Å². The monoisotopic (exact) mass is 388 g/mol. The standard InChI is InChI=1S/C22H32O2SSi/c1-21(2,3)16-13-14-18(17(15-16)22(4,5)6)24-26(8,23-7)20-12-10-9-11-19(20)25/h9-15,25H,1-8H3. The van der Waals surface area contributed by atoms with Crippen LogP contribution in [0, 0.1) is 0 Å². The predicted molar refractivity (Wildman–Crippen MR) is 116 cm³/mol. The Bertz CT molecular complexity index is 774. The van der Waals surface area contributed by atoms with E-state index >= 15 is 0 Å². The highest BCUT2D eigenvalue weighted by Crippen LogP contribution is 2.36. The first-order valence-electron chi connectivity index (χ1n) is 9.06. The third kappa shape index (κ3) is 4.54. The average Bonchev–Trinajstić information content (AvgIpc) is 2.53. The molecule has 0 aliphatic carbocycles. The van der Waals surface area contributed by atoms with Gasteiger partial charge in [-0.15, -0.1) is 12.6 Å². The van der Waals surface area contributed by atoms with Gasteiger partial charge in [0, 0.05) is 17.2 Å². The SMILES string of the molecule is CO[Si](C)(Oc1ccc(C(C)(C)C)cc1C(C)(C)C)c1ccccc1S. The molecule has 142 valence electrons. The number of hydrogen-bond acceptors (Lipinski definition) is 3. The van der Waals surface area contributed by atoms with Gasteiger partial charge in [-0.1, -0.05) is 71.9 Å². The van der Waals surface area contributed by atoms with Crippen LogP contribution >= 0.6 is 12.6 Å². The third-order valence-electron chi connectivity index (χ3n) is 4.74. The number of benzene rings is 2. The summed E-state index contributed by atoms with van der Waals surface area (Å²) < 4.78 is 12.6. The minimum Gasteiger partial charge on any atom is -0.517 e. The van der Waals surface area contributed by atoms with Gasteiger partial charge < -0.3 is 8.85 Å². The second kappa shape index (κ2) is 7.41. The lowest BCUT2D eigenvalue weighted by Gasteiger charge is -2.32. The predicted octanol–water partition coefficient (Wildman–Crippen LogP) is 5.57. The molecule has 2 aromatic rings. The molecule has 0 radical (unpaired) electrons. The van der Waals surface area contributed by atoms with Crippen LogP contribution in [-0.4, -0.2) is 15.7 Å².